The van der Waals surface area contributed by atoms with Crippen molar-refractivity contribution in [1.82, 2.24) is 5.32 Å². The second-order valence-corrected chi connectivity index (χ2v) is 4.38. The third-order valence-corrected chi connectivity index (χ3v) is 2.32. The van der Waals surface area contributed by atoms with Gasteiger partial charge in [-0.1, -0.05) is 27.2 Å². The number of likely N-dealkylation sites (N-methyl/N-ethyl adjacent to an activating group) is 1. The van der Waals surface area contributed by atoms with Gasteiger partial charge in [-0.05, 0) is 32.2 Å². The van der Waals surface area contributed by atoms with Gasteiger partial charge in [0.1, 0.15) is 0 Å². The molecule has 14 heavy (non-hydrogen) atoms. The molecule has 0 aliphatic carbocycles. The van der Waals surface area contributed by atoms with E-state index in [1.54, 1.807) is 0 Å². The van der Waals surface area contributed by atoms with Crippen molar-refractivity contribution in [2.45, 2.75) is 52.6 Å². The van der Waals surface area contributed by atoms with Gasteiger partial charge in [0.15, 0.2) is 0 Å². The highest BCUT2D eigenvalue weighted by Gasteiger charge is 2.06. The Bertz CT molecular complexity index is 109. The molecule has 0 aliphatic rings. The Kier molecular flexibility index (Phi) is 9.42. The van der Waals surface area contributed by atoms with Crippen molar-refractivity contribution in [3.8, 4) is 0 Å². The van der Waals surface area contributed by atoms with Crippen LogP contribution >= 0.6 is 0 Å². The first-order chi connectivity index (χ1) is 6.70. The predicted octanol–water partition coefficient (Wildman–Crippen LogP) is 2.83. The van der Waals surface area contributed by atoms with Crippen LogP contribution < -0.4 is 5.32 Å². The molecule has 0 saturated carbocycles. The molecule has 0 aliphatic heterocycles. The molecule has 0 amide bonds. The molecule has 0 saturated heterocycles. The second kappa shape index (κ2) is 9.47. The normalized spacial score (nSPS) is 13.5. The Morgan fingerprint density at radius 3 is 2.43 bits per heavy atom. The van der Waals surface area contributed by atoms with E-state index in [0.717, 1.165) is 19.1 Å². The molecule has 0 heterocycles. The van der Waals surface area contributed by atoms with Crippen molar-refractivity contribution in [2.75, 3.05) is 20.2 Å². The number of ether oxygens (including phenoxy) is 1. The van der Waals surface area contributed by atoms with Crippen molar-refractivity contribution < 1.29 is 4.74 Å². The van der Waals surface area contributed by atoms with Gasteiger partial charge in [0.05, 0.1) is 6.10 Å². The van der Waals surface area contributed by atoms with E-state index in [1.165, 1.54) is 25.7 Å². The molecule has 86 valence electrons. The lowest BCUT2D eigenvalue weighted by molar-refractivity contribution is 0.0447. The summed E-state index contributed by atoms with van der Waals surface area (Å²) in [5.74, 6) is 0.799. The summed E-state index contributed by atoms with van der Waals surface area (Å²) in [4.78, 5) is 0. The Balaban J connectivity index is 3.40. The number of hydrogen-bond donors (Lipinski definition) is 1. The zero-order chi connectivity index (χ0) is 10.8. The standard InChI is InChI=1S/C12H27NO/c1-5-7-12(10-13-4)14-9-6-8-11(2)3/h11-13H,5-10H2,1-4H3. The van der Waals surface area contributed by atoms with Crippen LogP contribution in [0.2, 0.25) is 0 Å². The third kappa shape index (κ3) is 8.52. The number of hydrogen-bond acceptors (Lipinski definition) is 2. The topological polar surface area (TPSA) is 21.3 Å². The minimum absolute atomic E-state index is 0.414. The molecule has 0 bridgehead atoms. The molecular weight excluding hydrogens is 174 g/mol. The van der Waals surface area contributed by atoms with Crippen LogP contribution in [0, 0.1) is 5.92 Å². The highest BCUT2D eigenvalue weighted by Crippen LogP contribution is 2.06. The lowest BCUT2D eigenvalue weighted by atomic mass is 10.1. The quantitative estimate of drug-likeness (QED) is 0.579. The van der Waals surface area contributed by atoms with Crippen molar-refractivity contribution in [1.29, 1.82) is 0 Å². The van der Waals surface area contributed by atoms with Gasteiger partial charge in [0, 0.05) is 13.2 Å². The lowest BCUT2D eigenvalue weighted by Crippen LogP contribution is -2.26. The second-order valence-electron chi connectivity index (χ2n) is 4.38. The Hall–Kier alpha value is -0.0800. The van der Waals surface area contributed by atoms with E-state index in [1.807, 2.05) is 7.05 Å². The van der Waals surface area contributed by atoms with Crippen molar-refractivity contribution >= 4 is 0 Å². The van der Waals surface area contributed by atoms with E-state index in [2.05, 4.69) is 26.1 Å². The molecule has 1 atom stereocenters. The first-order valence-corrected chi connectivity index (χ1v) is 5.96. The lowest BCUT2D eigenvalue weighted by Gasteiger charge is -2.17. The zero-order valence-corrected chi connectivity index (χ0v) is 10.3. The van der Waals surface area contributed by atoms with Gasteiger partial charge < -0.3 is 10.1 Å². The fraction of sp³-hybridized carbons (Fsp3) is 1.00. The van der Waals surface area contributed by atoms with E-state index >= 15 is 0 Å². The summed E-state index contributed by atoms with van der Waals surface area (Å²) in [6, 6.07) is 0. The third-order valence-electron chi connectivity index (χ3n) is 2.32. The van der Waals surface area contributed by atoms with Gasteiger partial charge in [0.25, 0.3) is 0 Å². The van der Waals surface area contributed by atoms with Crippen LogP contribution in [0.15, 0.2) is 0 Å². The minimum Gasteiger partial charge on any atom is -0.377 e. The Morgan fingerprint density at radius 1 is 1.21 bits per heavy atom. The Labute approximate surface area is 89.4 Å². The summed E-state index contributed by atoms with van der Waals surface area (Å²) in [6.45, 7) is 8.63. The highest BCUT2D eigenvalue weighted by molar-refractivity contribution is 4.59. The zero-order valence-electron chi connectivity index (χ0n) is 10.3. The maximum atomic E-state index is 5.81. The molecule has 2 nitrogen and oxygen atoms in total. The van der Waals surface area contributed by atoms with Gasteiger partial charge in [0.2, 0.25) is 0 Å². The molecule has 0 aromatic heterocycles. The minimum atomic E-state index is 0.414. The first kappa shape index (κ1) is 13.9. The summed E-state index contributed by atoms with van der Waals surface area (Å²) in [6.07, 6.45) is 5.26. The van der Waals surface area contributed by atoms with E-state index in [9.17, 15) is 0 Å². The summed E-state index contributed by atoms with van der Waals surface area (Å²) in [5.41, 5.74) is 0. The Morgan fingerprint density at radius 2 is 1.93 bits per heavy atom. The van der Waals surface area contributed by atoms with Crippen molar-refractivity contribution in [2.24, 2.45) is 5.92 Å². The average Bonchev–Trinajstić information content (AvgIpc) is 2.12. The van der Waals surface area contributed by atoms with E-state index in [4.69, 9.17) is 4.74 Å². The first-order valence-electron chi connectivity index (χ1n) is 5.96. The molecular formula is C12H27NO. The SMILES string of the molecule is CCCC(CNC)OCCCC(C)C. The van der Waals surface area contributed by atoms with Crippen LogP contribution in [0.1, 0.15) is 46.5 Å². The van der Waals surface area contributed by atoms with Crippen molar-refractivity contribution in [3.63, 3.8) is 0 Å². The molecule has 1 unspecified atom stereocenters. The summed E-state index contributed by atoms with van der Waals surface area (Å²) in [5, 5.41) is 3.18. The van der Waals surface area contributed by atoms with Crippen LogP contribution in [0.4, 0.5) is 0 Å². The number of rotatable bonds is 9. The fourth-order valence-corrected chi connectivity index (χ4v) is 1.54. The van der Waals surface area contributed by atoms with Gasteiger partial charge in [-0.25, -0.2) is 0 Å². The van der Waals surface area contributed by atoms with Gasteiger partial charge in [-0.2, -0.15) is 0 Å². The van der Waals surface area contributed by atoms with Crippen LogP contribution in [0.3, 0.4) is 0 Å². The molecule has 1 N–H and O–H groups in total. The fourth-order valence-electron chi connectivity index (χ4n) is 1.54. The largest absolute Gasteiger partial charge is 0.377 e. The maximum Gasteiger partial charge on any atom is 0.0699 e. The van der Waals surface area contributed by atoms with Crippen molar-refractivity contribution in [3.05, 3.63) is 0 Å². The molecule has 0 spiro atoms. The molecule has 2 heteroatoms. The van der Waals surface area contributed by atoms with Gasteiger partial charge in [-0.15, -0.1) is 0 Å². The molecule has 0 rings (SSSR count). The molecule has 0 aromatic rings. The van der Waals surface area contributed by atoms with Crippen LogP contribution in [-0.2, 0) is 4.74 Å². The van der Waals surface area contributed by atoms with E-state index < -0.39 is 0 Å². The summed E-state index contributed by atoms with van der Waals surface area (Å²) in [7, 11) is 1.99. The summed E-state index contributed by atoms with van der Waals surface area (Å²) < 4.78 is 5.81. The van der Waals surface area contributed by atoms with Crippen LogP contribution in [0.5, 0.6) is 0 Å². The smallest absolute Gasteiger partial charge is 0.0699 e. The predicted molar refractivity (Wildman–Crippen MR) is 62.6 cm³/mol. The molecule has 0 aromatic carbocycles. The number of nitrogens with one attached hydrogen (secondary N) is 1. The maximum absolute atomic E-state index is 5.81. The molecule has 0 radical (unpaired) electrons. The average molecular weight is 201 g/mol. The van der Waals surface area contributed by atoms with E-state index in [0.29, 0.717) is 6.10 Å². The van der Waals surface area contributed by atoms with Gasteiger partial charge in [-0.3, -0.25) is 0 Å². The summed E-state index contributed by atoms with van der Waals surface area (Å²) >= 11 is 0. The van der Waals surface area contributed by atoms with Crippen LogP contribution in [-0.4, -0.2) is 26.3 Å². The van der Waals surface area contributed by atoms with E-state index in [-0.39, 0.29) is 0 Å². The van der Waals surface area contributed by atoms with Crippen LogP contribution in [0.25, 0.3) is 0 Å². The highest BCUT2D eigenvalue weighted by atomic mass is 16.5. The molecule has 0 fully saturated rings. The monoisotopic (exact) mass is 201 g/mol. The van der Waals surface area contributed by atoms with Gasteiger partial charge >= 0.3 is 0 Å².